The van der Waals surface area contributed by atoms with E-state index in [1.165, 1.54) is 4.90 Å². The van der Waals surface area contributed by atoms with Crippen LogP contribution in [0.3, 0.4) is 0 Å². The number of amides is 1. The average Bonchev–Trinajstić information content (AvgIpc) is 3.03. The summed E-state index contributed by atoms with van der Waals surface area (Å²) in [5.74, 6) is -1.34. The highest BCUT2D eigenvalue weighted by atomic mass is 79.9. The maximum Gasteiger partial charge on any atom is 0.295 e. The third kappa shape index (κ3) is 4.19. The molecule has 2 saturated heterocycles. The molecule has 1 atom stereocenters. The Morgan fingerprint density at radius 3 is 2.53 bits per heavy atom. The normalized spacial score (nSPS) is 21.9. The van der Waals surface area contributed by atoms with Crippen LogP contribution in [0.1, 0.15) is 17.2 Å². The van der Waals surface area contributed by atoms with Gasteiger partial charge in [-0.15, -0.1) is 0 Å². The van der Waals surface area contributed by atoms with Gasteiger partial charge in [0.05, 0.1) is 37.9 Å². The Morgan fingerprint density at radius 1 is 1.10 bits per heavy atom. The summed E-state index contributed by atoms with van der Waals surface area (Å²) in [6, 6.07) is 15.8. The van der Waals surface area contributed by atoms with Crippen molar-refractivity contribution in [3.8, 4) is 0 Å². The molecule has 0 spiro atoms. The second kappa shape index (κ2) is 9.12. The first-order chi connectivity index (χ1) is 14.6. The lowest BCUT2D eigenvalue weighted by Crippen LogP contribution is -3.14. The number of ketones is 1. The van der Waals surface area contributed by atoms with Crippen LogP contribution in [0.4, 0.5) is 0 Å². The number of aliphatic hydroxyl groups is 1. The topological polar surface area (TPSA) is 71.3 Å². The van der Waals surface area contributed by atoms with E-state index in [0.717, 1.165) is 29.7 Å². The fraction of sp³-hybridized carbons (Fsp3) is 0.304. The van der Waals surface area contributed by atoms with E-state index in [9.17, 15) is 14.7 Å². The quantitative estimate of drug-likeness (QED) is 0.396. The van der Waals surface area contributed by atoms with Crippen LogP contribution in [0.2, 0.25) is 0 Å². The minimum atomic E-state index is -0.640. The SMILES string of the molecule is O=C1C(=O)N(CC[NH+]2CCOCC2)[C@@H](c2cccc(Br)c2)C1=C(O)c1ccccc1. The first-order valence-corrected chi connectivity index (χ1v) is 10.9. The van der Waals surface area contributed by atoms with Crippen molar-refractivity contribution in [3.63, 3.8) is 0 Å². The number of aliphatic hydroxyl groups excluding tert-OH is 1. The average molecular weight is 472 g/mol. The summed E-state index contributed by atoms with van der Waals surface area (Å²) in [6.45, 7) is 4.34. The van der Waals surface area contributed by atoms with Gasteiger partial charge in [-0.2, -0.15) is 0 Å². The van der Waals surface area contributed by atoms with Crippen LogP contribution >= 0.6 is 15.9 Å². The van der Waals surface area contributed by atoms with Crippen LogP contribution < -0.4 is 4.90 Å². The molecule has 0 saturated carbocycles. The van der Waals surface area contributed by atoms with E-state index in [2.05, 4.69) is 15.9 Å². The standard InChI is InChI=1S/C23H23BrN2O4/c24-18-8-4-7-17(15-18)20-19(21(27)16-5-2-1-3-6-16)22(28)23(29)26(20)10-9-25-11-13-30-14-12-25/h1-8,15,20,27H,9-14H2/p+1/t20-/m0/s1. The molecule has 0 unspecified atom stereocenters. The molecule has 7 heteroatoms. The van der Waals surface area contributed by atoms with Crippen molar-refractivity contribution in [1.29, 1.82) is 0 Å². The minimum absolute atomic E-state index is 0.139. The number of nitrogens with zero attached hydrogens (tertiary/aromatic N) is 1. The lowest BCUT2D eigenvalue weighted by Gasteiger charge is -2.29. The summed E-state index contributed by atoms with van der Waals surface area (Å²) in [4.78, 5) is 28.9. The van der Waals surface area contributed by atoms with Gasteiger partial charge >= 0.3 is 0 Å². The van der Waals surface area contributed by atoms with Crippen molar-refractivity contribution >= 4 is 33.4 Å². The van der Waals surface area contributed by atoms with Crippen LogP contribution in [0.25, 0.3) is 5.76 Å². The van der Waals surface area contributed by atoms with Crippen molar-refractivity contribution in [2.24, 2.45) is 0 Å². The van der Waals surface area contributed by atoms with Gasteiger partial charge in [-0.3, -0.25) is 9.59 Å². The maximum absolute atomic E-state index is 13.0. The zero-order valence-corrected chi connectivity index (χ0v) is 18.1. The van der Waals surface area contributed by atoms with Gasteiger partial charge in [-0.05, 0) is 17.7 Å². The summed E-state index contributed by atoms with van der Waals surface area (Å²) < 4.78 is 6.26. The van der Waals surface area contributed by atoms with E-state index >= 15 is 0 Å². The zero-order valence-electron chi connectivity index (χ0n) is 16.5. The van der Waals surface area contributed by atoms with Crippen LogP contribution in [0.15, 0.2) is 64.6 Å². The van der Waals surface area contributed by atoms with Crippen molar-refractivity contribution in [2.75, 3.05) is 39.4 Å². The molecule has 0 aromatic heterocycles. The fourth-order valence-corrected chi connectivity index (χ4v) is 4.49. The van der Waals surface area contributed by atoms with Crippen LogP contribution in [-0.4, -0.2) is 61.1 Å². The first kappa shape index (κ1) is 20.8. The van der Waals surface area contributed by atoms with Crippen LogP contribution in [0, 0.1) is 0 Å². The van der Waals surface area contributed by atoms with E-state index in [0.29, 0.717) is 25.3 Å². The molecule has 2 N–H and O–H groups in total. The summed E-state index contributed by atoms with van der Waals surface area (Å²) in [5.41, 5.74) is 1.45. The summed E-state index contributed by atoms with van der Waals surface area (Å²) >= 11 is 3.48. The molecule has 0 aliphatic carbocycles. The van der Waals surface area contributed by atoms with E-state index < -0.39 is 17.7 Å². The number of halogens is 1. The van der Waals surface area contributed by atoms with E-state index in [4.69, 9.17) is 4.74 Å². The van der Waals surface area contributed by atoms with Crippen LogP contribution in [0.5, 0.6) is 0 Å². The lowest BCUT2D eigenvalue weighted by molar-refractivity contribution is -0.907. The van der Waals surface area contributed by atoms with Gasteiger partial charge in [-0.25, -0.2) is 0 Å². The predicted molar refractivity (Wildman–Crippen MR) is 116 cm³/mol. The minimum Gasteiger partial charge on any atom is -0.507 e. The number of quaternary nitrogens is 1. The summed E-state index contributed by atoms with van der Waals surface area (Å²) in [5, 5.41) is 11.0. The number of Topliss-reactive ketones (excluding diaryl/α,β-unsaturated/α-hetero) is 1. The molecular weight excluding hydrogens is 448 g/mol. The number of hydrogen-bond acceptors (Lipinski definition) is 4. The molecule has 0 bridgehead atoms. The third-order valence-electron chi connectivity index (χ3n) is 5.66. The number of hydrogen-bond donors (Lipinski definition) is 2. The first-order valence-electron chi connectivity index (χ1n) is 10.1. The summed E-state index contributed by atoms with van der Waals surface area (Å²) in [6.07, 6.45) is 0. The molecule has 4 rings (SSSR count). The Hall–Kier alpha value is -2.48. The molecule has 2 aliphatic heterocycles. The lowest BCUT2D eigenvalue weighted by atomic mass is 9.95. The van der Waals surface area contributed by atoms with Crippen molar-refractivity contribution < 1.29 is 24.3 Å². The highest BCUT2D eigenvalue weighted by Crippen LogP contribution is 2.39. The molecule has 1 amide bonds. The maximum atomic E-state index is 13.0. The summed E-state index contributed by atoms with van der Waals surface area (Å²) in [7, 11) is 0. The number of carbonyl (C=O) groups is 2. The molecule has 6 nitrogen and oxygen atoms in total. The molecule has 2 aromatic rings. The largest absolute Gasteiger partial charge is 0.507 e. The van der Waals surface area contributed by atoms with Crippen LogP contribution in [-0.2, 0) is 14.3 Å². The highest BCUT2D eigenvalue weighted by molar-refractivity contribution is 9.10. The van der Waals surface area contributed by atoms with E-state index in [1.54, 1.807) is 29.2 Å². The smallest absolute Gasteiger partial charge is 0.295 e. The predicted octanol–water partition coefficient (Wildman–Crippen LogP) is 1.79. The highest BCUT2D eigenvalue weighted by Gasteiger charge is 2.46. The Bertz CT molecular complexity index is 970. The van der Waals surface area contributed by atoms with Gasteiger partial charge < -0.3 is 19.6 Å². The molecule has 2 heterocycles. The number of benzene rings is 2. The number of rotatable bonds is 5. The van der Waals surface area contributed by atoms with Gasteiger partial charge in [0.1, 0.15) is 18.8 Å². The molecule has 30 heavy (non-hydrogen) atoms. The number of ether oxygens (including phenoxy) is 1. The Labute approximate surface area is 183 Å². The third-order valence-corrected chi connectivity index (χ3v) is 6.15. The van der Waals surface area contributed by atoms with Gasteiger partial charge in [0.2, 0.25) is 0 Å². The van der Waals surface area contributed by atoms with Gasteiger partial charge in [-0.1, -0.05) is 58.4 Å². The Balaban J connectivity index is 1.73. The number of morpholine rings is 1. The van der Waals surface area contributed by atoms with Gasteiger partial charge in [0.15, 0.2) is 0 Å². The Kier molecular flexibility index (Phi) is 6.32. The number of likely N-dealkylation sites (tertiary alicyclic amines) is 1. The number of carbonyl (C=O) groups excluding carboxylic acids is 2. The van der Waals surface area contributed by atoms with Gasteiger partial charge in [0.25, 0.3) is 11.7 Å². The molecular formula is C23H24BrN2O4+. The van der Waals surface area contributed by atoms with Crippen molar-refractivity contribution in [2.45, 2.75) is 6.04 Å². The molecule has 2 fully saturated rings. The molecule has 2 aromatic carbocycles. The monoisotopic (exact) mass is 471 g/mol. The van der Waals surface area contributed by atoms with Crippen molar-refractivity contribution in [3.05, 3.63) is 75.8 Å². The molecule has 2 aliphatic rings. The Morgan fingerprint density at radius 2 is 1.83 bits per heavy atom. The fourth-order valence-electron chi connectivity index (χ4n) is 4.07. The van der Waals surface area contributed by atoms with E-state index in [-0.39, 0.29) is 11.3 Å². The molecule has 0 radical (unpaired) electrons. The zero-order chi connectivity index (χ0) is 21.1. The van der Waals surface area contributed by atoms with Crippen molar-refractivity contribution in [1.82, 2.24) is 4.90 Å². The molecule has 156 valence electrons. The van der Waals surface area contributed by atoms with Gasteiger partial charge in [0, 0.05) is 10.0 Å². The second-order valence-corrected chi connectivity index (χ2v) is 8.44. The van der Waals surface area contributed by atoms with E-state index in [1.807, 2.05) is 30.3 Å². The second-order valence-electron chi connectivity index (χ2n) is 7.53. The number of nitrogens with one attached hydrogen (secondary N) is 1.